The summed E-state index contributed by atoms with van der Waals surface area (Å²) in [5, 5.41) is 1.15. The van der Waals surface area contributed by atoms with Crippen LogP contribution in [0.2, 0.25) is 0 Å². The number of hydrogen-bond acceptors (Lipinski definition) is 2. The first-order chi connectivity index (χ1) is 6.65. The first kappa shape index (κ1) is 12.9. The number of rotatable bonds is 2. The Bertz CT molecular complexity index is 329. The van der Waals surface area contributed by atoms with E-state index >= 15 is 0 Å². The van der Waals surface area contributed by atoms with E-state index in [1.165, 1.54) is 4.88 Å². The highest BCUT2D eigenvalue weighted by Crippen LogP contribution is 2.18. The van der Waals surface area contributed by atoms with Crippen molar-refractivity contribution in [3.63, 3.8) is 0 Å². The molecule has 0 bridgehead atoms. The lowest BCUT2D eigenvalue weighted by atomic mass is 10.3. The summed E-state index contributed by atoms with van der Waals surface area (Å²) in [6, 6.07) is 0. The van der Waals surface area contributed by atoms with Crippen LogP contribution in [0.5, 0.6) is 0 Å². The van der Waals surface area contributed by atoms with Gasteiger partial charge in [-0.2, -0.15) is 0 Å². The second kappa shape index (κ2) is 7.34. The second-order valence-electron chi connectivity index (χ2n) is 2.78. The minimum atomic E-state index is 1.09. The lowest BCUT2D eigenvalue weighted by Crippen LogP contribution is -1.72. The molecule has 1 rings (SSSR count). The molecule has 0 aliphatic carbocycles. The third-order valence-corrected chi connectivity index (χ3v) is 2.48. The highest BCUT2D eigenvalue weighted by atomic mass is 32.1. The first-order valence-corrected chi connectivity index (χ1v) is 5.45. The van der Waals surface area contributed by atoms with Gasteiger partial charge in [0.1, 0.15) is 0 Å². The molecule has 0 unspecified atom stereocenters. The van der Waals surface area contributed by atoms with Crippen LogP contribution < -0.4 is 0 Å². The summed E-state index contributed by atoms with van der Waals surface area (Å²) >= 11 is 1.76. The van der Waals surface area contributed by atoms with Crippen LogP contribution in [0, 0.1) is 26.2 Å². The normalized spacial score (nSPS) is 9.36. The van der Waals surface area contributed by atoms with Crippen molar-refractivity contribution in [2.75, 3.05) is 0 Å². The maximum atomic E-state index is 4.60. The minimum Gasteiger partial charge on any atom is -0.246 e. The molecule has 1 heterocycles. The number of allylic oxidation sites excluding steroid dienone is 1. The third-order valence-electron chi connectivity index (χ3n) is 1.44. The monoisotopic (exact) mass is 207 g/mol. The zero-order valence-electron chi connectivity index (χ0n) is 9.29. The van der Waals surface area contributed by atoms with Crippen molar-refractivity contribution in [2.24, 2.45) is 0 Å². The molecule has 1 aromatic rings. The summed E-state index contributed by atoms with van der Waals surface area (Å²) in [6.07, 6.45) is 10.0. The molecule has 2 heteroatoms. The van der Waals surface area contributed by atoms with Gasteiger partial charge in [0.15, 0.2) is 0 Å². The fourth-order valence-corrected chi connectivity index (χ4v) is 1.79. The van der Waals surface area contributed by atoms with Gasteiger partial charge in [-0.1, -0.05) is 13.0 Å². The van der Waals surface area contributed by atoms with Crippen LogP contribution >= 0.6 is 11.3 Å². The van der Waals surface area contributed by atoms with E-state index in [0.29, 0.717) is 0 Å². The van der Waals surface area contributed by atoms with Crippen molar-refractivity contribution in [1.82, 2.24) is 4.98 Å². The smallest absolute Gasteiger partial charge is 0.0903 e. The Morgan fingerprint density at radius 2 is 2.07 bits per heavy atom. The predicted octanol–water partition coefficient (Wildman–Crippen LogP) is 3.82. The van der Waals surface area contributed by atoms with Gasteiger partial charge in [0.2, 0.25) is 0 Å². The molecule has 0 fully saturated rings. The van der Waals surface area contributed by atoms with Crippen molar-refractivity contribution in [3.05, 3.63) is 21.7 Å². The molecule has 0 spiro atoms. The van der Waals surface area contributed by atoms with E-state index in [1.54, 1.807) is 18.3 Å². The minimum absolute atomic E-state index is 1.09. The van der Waals surface area contributed by atoms with Gasteiger partial charge in [-0.25, -0.2) is 4.98 Å². The Kier molecular flexibility index (Phi) is 6.78. The molecule has 76 valence electrons. The molecule has 0 atom stereocenters. The topological polar surface area (TPSA) is 12.9 Å². The van der Waals surface area contributed by atoms with Gasteiger partial charge in [0, 0.05) is 4.88 Å². The first-order valence-electron chi connectivity index (χ1n) is 4.63. The van der Waals surface area contributed by atoms with E-state index in [2.05, 4.69) is 43.3 Å². The van der Waals surface area contributed by atoms with Crippen molar-refractivity contribution in [3.8, 4) is 12.3 Å². The quantitative estimate of drug-likeness (QED) is 0.672. The Morgan fingerprint density at radius 3 is 2.43 bits per heavy atom. The molecular formula is C12H17NS. The van der Waals surface area contributed by atoms with Crippen molar-refractivity contribution in [2.45, 2.75) is 34.1 Å². The van der Waals surface area contributed by atoms with E-state index in [1.807, 2.05) is 6.92 Å². The fraction of sp³-hybridized carbons (Fsp3) is 0.417. The molecule has 0 saturated carbocycles. The molecule has 0 amide bonds. The van der Waals surface area contributed by atoms with Crippen LogP contribution in [-0.4, -0.2) is 4.98 Å². The summed E-state index contributed by atoms with van der Waals surface area (Å²) in [5.74, 6) is 2.25. The summed E-state index contributed by atoms with van der Waals surface area (Å²) in [4.78, 5) is 5.63. The molecule has 1 nitrogen and oxygen atoms in total. The number of nitrogens with zero attached hydrogens (tertiary/aromatic N) is 1. The van der Waals surface area contributed by atoms with Gasteiger partial charge in [0.05, 0.1) is 10.7 Å². The average Bonchev–Trinajstić information content (AvgIpc) is 2.43. The van der Waals surface area contributed by atoms with Gasteiger partial charge in [-0.15, -0.1) is 23.7 Å². The summed E-state index contributed by atoms with van der Waals surface area (Å²) < 4.78 is 0. The highest BCUT2D eigenvalue weighted by molar-refractivity contribution is 7.12. The summed E-state index contributed by atoms with van der Waals surface area (Å²) in [6.45, 7) is 7.89. The van der Waals surface area contributed by atoms with E-state index in [4.69, 9.17) is 0 Å². The number of hydrogen-bond donors (Lipinski definition) is 0. The average molecular weight is 207 g/mol. The molecule has 14 heavy (non-hydrogen) atoms. The maximum Gasteiger partial charge on any atom is 0.0903 e. The van der Waals surface area contributed by atoms with Crippen LogP contribution in [0.1, 0.15) is 35.8 Å². The van der Waals surface area contributed by atoms with Gasteiger partial charge in [0.25, 0.3) is 0 Å². The van der Waals surface area contributed by atoms with Crippen molar-refractivity contribution in [1.29, 1.82) is 0 Å². The fourth-order valence-electron chi connectivity index (χ4n) is 0.927. The van der Waals surface area contributed by atoms with Gasteiger partial charge in [-0.05, 0) is 33.3 Å². The van der Waals surface area contributed by atoms with E-state index in [0.717, 1.165) is 17.1 Å². The molecule has 0 aliphatic rings. The van der Waals surface area contributed by atoms with Crippen LogP contribution in [-0.2, 0) is 0 Å². The van der Waals surface area contributed by atoms with E-state index < -0.39 is 0 Å². The largest absolute Gasteiger partial charge is 0.246 e. The van der Waals surface area contributed by atoms with E-state index in [9.17, 15) is 0 Å². The Hall–Kier alpha value is -1.07. The standard InChI is InChI=1S/C9H13NS.C3H4/c1-4-5-6-9-7(2)10-8(3)11-9;1-3-2/h5-6H,4H2,1-3H3;1H,2H3/b6-5-;. The Balaban J connectivity index is 0.000000500. The Labute approximate surface area is 90.9 Å². The van der Waals surface area contributed by atoms with Crippen molar-refractivity contribution >= 4 is 17.4 Å². The van der Waals surface area contributed by atoms with Gasteiger partial charge in [-0.3, -0.25) is 0 Å². The zero-order valence-corrected chi connectivity index (χ0v) is 10.1. The summed E-state index contributed by atoms with van der Waals surface area (Å²) in [5.41, 5.74) is 1.15. The molecule has 0 aliphatic heterocycles. The molecule has 0 aromatic carbocycles. The highest BCUT2D eigenvalue weighted by Gasteiger charge is 1.98. The van der Waals surface area contributed by atoms with Gasteiger partial charge < -0.3 is 0 Å². The maximum absolute atomic E-state index is 4.60. The third kappa shape index (κ3) is 4.84. The second-order valence-corrected chi connectivity index (χ2v) is 4.02. The van der Waals surface area contributed by atoms with Gasteiger partial charge >= 0.3 is 0 Å². The number of aryl methyl sites for hydroxylation is 2. The molecule has 0 N–H and O–H groups in total. The van der Waals surface area contributed by atoms with Crippen LogP contribution in [0.15, 0.2) is 6.08 Å². The lowest BCUT2D eigenvalue weighted by molar-refractivity contribution is 1.19. The molecule has 0 radical (unpaired) electrons. The molecular weight excluding hydrogens is 190 g/mol. The summed E-state index contributed by atoms with van der Waals surface area (Å²) in [7, 11) is 0. The van der Waals surface area contributed by atoms with Crippen LogP contribution in [0.25, 0.3) is 6.08 Å². The molecule has 0 saturated heterocycles. The Morgan fingerprint density at radius 1 is 1.50 bits per heavy atom. The predicted molar refractivity (Wildman–Crippen MR) is 65.4 cm³/mol. The SMILES string of the molecule is C#CC.CC/C=C\c1sc(C)nc1C. The zero-order chi connectivity index (χ0) is 11.0. The number of terminal acetylenes is 1. The molecule has 1 aromatic heterocycles. The van der Waals surface area contributed by atoms with Crippen molar-refractivity contribution < 1.29 is 0 Å². The number of aromatic nitrogens is 1. The van der Waals surface area contributed by atoms with Crippen LogP contribution in [0.3, 0.4) is 0 Å². The lowest BCUT2D eigenvalue weighted by Gasteiger charge is -1.84. The number of thiazole rings is 1. The van der Waals surface area contributed by atoms with Crippen LogP contribution in [0.4, 0.5) is 0 Å². The van der Waals surface area contributed by atoms with E-state index in [-0.39, 0.29) is 0 Å².